The lowest BCUT2D eigenvalue weighted by atomic mass is 9.82. The smallest absolute Gasteiger partial charge is 0.252 e. The monoisotopic (exact) mass is 468 g/mol. The largest absolute Gasteiger partial charge is 0.454 e. The zero-order valence-corrected chi connectivity index (χ0v) is 19.2. The summed E-state index contributed by atoms with van der Waals surface area (Å²) < 4.78 is 12.0. The molecule has 5 rings (SSSR count). The molecule has 5 nitrogen and oxygen atoms in total. The van der Waals surface area contributed by atoms with Crippen molar-refractivity contribution in [2.75, 3.05) is 13.8 Å². The number of amides is 1. The molecule has 0 aromatic heterocycles. The highest BCUT2D eigenvalue weighted by molar-refractivity contribution is 9.10. The van der Waals surface area contributed by atoms with Crippen LogP contribution in [0.2, 0.25) is 0 Å². The average Bonchev–Trinajstić information content (AvgIpc) is 3.33. The van der Waals surface area contributed by atoms with Crippen LogP contribution < -0.4 is 9.47 Å². The number of nitrogens with zero attached hydrogens (tertiary/aromatic N) is 2. The Bertz CT molecular complexity index is 1060. The van der Waals surface area contributed by atoms with Gasteiger partial charge in [0.05, 0.1) is 5.70 Å². The van der Waals surface area contributed by atoms with Gasteiger partial charge in [0.2, 0.25) is 6.79 Å². The van der Waals surface area contributed by atoms with Gasteiger partial charge in [-0.15, -0.1) is 0 Å². The Morgan fingerprint density at radius 1 is 1.10 bits per heavy atom. The Balaban J connectivity index is 1.54. The Morgan fingerprint density at radius 2 is 1.80 bits per heavy atom. The van der Waals surface area contributed by atoms with Crippen molar-refractivity contribution in [3.05, 3.63) is 63.6 Å². The highest BCUT2D eigenvalue weighted by Gasteiger charge is 2.56. The zero-order valence-electron chi connectivity index (χ0n) is 17.6. The van der Waals surface area contributed by atoms with E-state index in [-0.39, 0.29) is 30.2 Å². The molecule has 0 aliphatic carbocycles. The van der Waals surface area contributed by atoms with Crippen molar-refractivity contribution in [2.45, 2.75) is 38.9 Å². The minimum absolute atomic E-state index is 0.100. The molecule has 3 aliphatic rings. The van der Waals surface area contributed by atoms with Crippen LogP contribution in [0.1, 0.15) is 31.9 Å². The number of carbonyl (C=O) groups is 1. The third-order valence-electron chi connectivity index (χ3n) is 6.90. The van der Waals surface area contributed by atoms with Gasteiger partial charge in [0, 0.05) is 41.1 Å². The Hall–Kier alpha value is -2.47. The molecule has 1 fully saturated rings. The zero-order chi connectivity index (χ0) is 21.2. The molecule has 0 bridgehead atoms. The summed E-state index contributed by atoms with van der Waals surface area (Å²) in [5, 5.41) is 0. The van der Waals surface area contributed by atoms with Crippen molar-refractivity contribution in [3.8, 4) is 11.5 Å². The van der Waals surface area contributed by atoms with Crippen LogP contribution in [0.25, 0.3) is 5.70 Å². The molecule has 0 N–H and O–H groups in total. The lowest BCUT2D eigenvalue weighted by Gasteiger charge is -2.39. The molecule has 0 radical (unpaired) electrons. The number of hydrogen-bond acceptors (Lipinski definition) is 4. The van der Waals surface area contributed by atoms with E-state index >= 15 is 0 Å². The third kappa shape index (κ3) is 2.77. The van der Waals surface area contributed by atoms with Gasteiger partial charge >= 0.3 is 0 Å². The molecular weight excluding hydrogens is 444 g/mol. The van der Waals surface area contributed by atoms with Crippen LogP contribution in [-0.4, -0.2) is 41.1 Å². The maximum Gasteiger partial charge on any atom is 0.252 e. The van der Waals surface area contributed by atoms with E-state index in [1.807, 2.05) is 35.2 Å². The van der Waals surface area contributed by atoms with Crippen molar-refractivity contribution in [2.24, 2.45) is 5.92 Å². The summed E-state index contributed by atoms with van der Waals surface area (Å²) in [6, 6.07) is 14.3. The van der Waals surface area contributed by atoms with Gasteiger partial charge in [0.25, 0.3) is 5.91 Å². The lowest BCUT2D eigenvalue weighted by molar-refractivity contribution is -0.126. The SMILES string of the molecule is CC1C2C(=C(c3ccc(Br)cc3)N(C)C2(C)C)C(=O)N1Cc1ccc2c(c1)OCO2. The fourth-order valence-corrected chi connectivity index (χ4v) is 5.44. The summed E-state index contributed by atoms with van der Waals surface area (Å²) in [5.74, 6) is 1.78. The molecule has 2 atom stereocenters. The molecule has 3 aliphatic heterocycles. The van der Waals surface area contributed by atoms with Gasteiger partial charge in [0.15, 0.2) is 11.5 Å². The number of likely N-dealkylation sites (tertiary alicyclic amines) is 1. The van der Waals surface area contributed by atoms with Gasteiger partial charge in [-0.25, -0.2) is 0 Å². The minimum atomic E-state index is -0.156. The van der Waals surface area contributed by atoms with Crippen molar-refractivity contribution >= 4 is 27.5 Å². The van der Waals surface area contributed by atoms with E-state index in [1.165, 1.54) is 0 Å². The number of ether oxygens (including phenoxy) is 2. The minimum Gasteiger partial charge on any atom is -0.454 e. The highest BCUT2D eigenvalue weighted by Crippen LogP contribution is 2.52. The van der Waals surface area contributed by atoms with Crippen LogP contribution in [0.5, 0.6) is 11.5 Å². The van der Waals surface area contributed by atoms with E-state index < -0.39 is 0 Å². The summed E-state index contributed by atoms with van der Waals surface area (Å²) >= 11 is 3.51. The predicted octanol–water partition coefficient (Wildman–Crippen LogP) is 4.66. The maximum absolute atomic E-state index is 13.7. The van der Waals surface area contributed by atoms with Gasteiger partial charge < -0.3 is 19.3 Å². The summed E-state index contributed by atoms with van der Waals surface area (Å²) in [6.45, 7) is 7.45. The van der Waals surface area contributed by atoms with Crippen molar-refractivity contribution in [3.63, 3.8) is 0 Å². The number of hydrogen-bond donors (Lipinski definition) is 0. The second-order valence-electron chi connectivity index (χ2n) is 8.82. The fourth-order valence-electron chi connectivity index (χ4n) is 5.17. The molecule has 1 saturated heterocycles. The number of halogens is 1. The van der Waals surface area contributed by atoms with E-state index in [0.717, 1.165) is 38.4 Å². The molecule has 0 spiro atoms. The summed E-state index contributed by atoms with van der Waals surface area (Å²) in [4.78, 5) is 18.0. The van der Waals surface area contributed by atoms with E-state index in [2.05, 4.69) is 60.8 Å². The molecule has 2 aromatic rings. The first-order valence-electron chi connectivity index (χ1n) is 10.2. The first kappa shape index (κ1) is 19.5. The second-order valence-corrected chi connectivity index (χ2v) is 9.74. The van der Waals surface area contributed by atoms with Crippen LogP contribution in [0.3, 0.4) is 0 Å². The second kappa shape index (κ2) is 6.77. The molecule has 156 valence electrons. The van der Waals surface area contributed by atoms with Crippen molar-refractivity contribution in [1.29, 1.82) is 0 Å². The topological polar surface area (TPSA) is 42.0 Å². The molecule has 30 heavy (non-hydrogen) atoms. The number of rotatable bonds is 3. The van der Waals surface area contributed by atoms with Gasteiger partial charge in [-0.1, -0.05) is 34.1 Å². The van der Waals surface area contributed by atoms with Crippen LogP contribution in [0.4, 0.5) is 0 Å². The summed E-state index contributed by atoms with van der Waals surface area (Å²) in [5.41, 5.74) is 3.95. The van der Waals surface area contributed by atoms with Crippen molar-refractivity contribution < 1.29 is 14.3 Å². The van der Waals surface area contributed by atoms with Gasteiger partial charge in [0.1, 0.15) is 0 Å². The Kier molecular flexibility index (Phi) is 4.40. The summed E-state index contributed by atoms with van der Waals surface area (Å²) in [6.07, 6.45) is 0. The molecule has 2 unspecified atom stereocenters. The fraction of sp³-hybridized carbons (Fsp3) is 0.375. The first-order valence-corrected chi connectivity index (χ1v) is 11.0. The van der Waals surface area contributed by atoms with Crippen LogP contribution in [0, 0.1) is 5.92 Å². The van der Waals surface area contributed by atoms with Gasteiger partial charge in [-0.3, -0.25) is 4.79 Å². The molecular formula is C24H25BrN2O3. The number of fused-ring (bicyclic) bond motifs is 2. The van der Waals surface area contributed by atoms with Crippen molar-refractivity contribution in [1.82, 2.24) is 9.80 Å². The van der Waals surface area contributed by atoms with E-state index in [9.17, 15) is 4.79 Å². The molecule has 2 aromatic carbocycles. The molecule has 1 amide bonds. The Morgan fingerprint density at radius 3 is 2.53 bits per heavy atom. The van der Waals surface area contributed by atoms with E-state index in [4.69, 9.17) is 9.47 Å². The van der Waals surface area contributed by atoms with Crippen LogP contribution in [-0.2, 0) is 11.3 Å². The standard InChI is InChI=1S/C24H25BrN2O3/c1-14-21-20(22(26(4)24(21,2)3)16-6-8-17(25)9-7-16)23(28)27(14)12-15-5-10-18-19(11-15)30-13-29-18/h5-11,14,21H,12-13H2,1-4H3. The molecule has 0 saturated carbocycles. The quantitative estimate of drug-likeness (QED) is 0.656. The lowest BCUT2D eigenvalue weighted by Crippen LogP contribution is -2.47. The third-order valence-corrected chi connectivity index (χ3v) is 7.43. The highest BCUT2D eigenvalue weighted by atomic mass is 79.9. The first-order chi connectivity index (χ1) is 14.3. The Labute approximate surface area is 185 Å². The summed E-state index contributed by atoms with van der Waals surface area (Å²) in [7, 11) is 2.10. The predicted molar refractivity (Wildman–Crippen MR) is 119 cm³/mol. The van der Waals surface area contributed by atoms with Gasteiger partial charge in [-0.2, -0.15) is 0 Å². The average molecular weight is 469 g/mol. The molecule has 3 heterocycles. The molecule has 6 heteroatoms. The maximum atomic E-state index is 13.7. The van der Waals surface area contributed by atoms with E-state index in [0.29, 0.717) is 6.54 Å². The number of benzene rings is 2. The van der Waals surface area contributed by atoms with Crippen LogP contribution in [0.15, 0.2) is 52.5 Å². The van der Waals surface area contributed by atoms with Crippen LogP contribution >= 0.6 is 15.9 Å². The van der Waals surface area contributed by atoms with Gasteiger partial charge in [-0.05, 0) is 56.2 Å². The normalized spacial score (nSPS) is 24.1. The van der Waals surface area contributed by atoms with E-state index in [1.54, 1.807) is 0 Å². The number of carbonyl (C=O) groups excluding carboxylic acids is 1.